The molecule has 0 radical (unpaired) electrons. The van der Waals surface area contributed by atoms with Gasteiger partial charge in [-0.1, -0.05) is 69.2 Å². The van der Waals surface area contributed by atoms with Gasteiger partial charge in [-0.15, -0.1) is 0 Å². The van der Waals surface area contributed by atoms with Gasteiger partial charge in [0.1, 0.15) is 0 Å². The summed E-state index contributed by atoms with van der Waals surface area (Å²) in [6.45, 7) is 28.6. The Morgan fingerprint density at radius 3 is 2.17 bits per heavy atom. The summed E-state index contributed by atoms with van der Waals surface area (Å²) in [5, 5.41) is 11.8. The number of rotatable bonds is 7. The zero-order chi connectivity index (χ0) is 22.6. The Hall–Kier alpha value is 0.0969. The van der Waals surface area contributed by atoms with E-state index in [1.807, 2.05) is 0 Å². The molecule has 2 rings (SSSR count). The topological polar surface area (TPSA) is 38.7 Å². The quantitative estimate of drug-likeness (QED) is 0.452. The summed E-state index contributed by atoms with van der Waals surface area (Å²) in [5.74, 6) is 0.644. The van der Waals surface area contributed by atoms with Crippen LogP contribution in [0.2, 0.25) is 18.1 Å². The van der Waals surface area contributed by atoms with E-state index in [1.54, 1.807) is 0 Å². The summed E-state index contributed by atoms with van der Waals surface area (Å²) in [6, 6.07) is 0. The molecule has 0 amide bonds. The van der Waals surface area contributed by atoms with Crippen molar-refractivity contribution in [3.05, 3.63) is 0 Å². The van der Waals surface area contributed by atoms with Gasteiger partial charge in [-0.3, -0.25) is 0 Å². The molecule has 0 unspecified atom stereocenters. The second kappa shape index (κ2) is 7.90. The Balaban J connectivity index is 2.00. The molecule has 2 aliphatic rings. The lowest BCUT2D eigenvalue weighted by Gasteiger charge is -2.47. The molecular weight excluding hydrogens is 376 g/mol. The highest BCUT2D eigenvalue weighted by Gasteiger charge is 2.70. The summed E-state index contributed by atoms with van der Waals surface area (Å²) in [5.41, 5.74) is 0.150. The minimum atomic E-state index is -1.69. The van der Waals surface area contributed by atoms with Gasteiger partial charge in [-0.2, -0.15) is 0 Å². The highest BCUT2D eigenvalue weighted by molar-refractivity contribution is 6.74. The Labute approximate surface area is 182 Å². The zero-order valence-corrected chi connectivity index (χ0v) is 22.5. The molecule has 0 bridgehead atoms. The van der Waals surface area contributed by atoms with Crippen LogP contribution in [0, 0.1) is 34.5 Å². The Morgan fingerprint density at radius 1 is 1.14 bits per heavy atom. The molecule has 1 aliphatic heterocycles. The van der Waals surface area contributed by atoms with Gasteiger partial charge < -0.3 is 14.3 Å². The van der Waals surface area contributed by atoms with Crippen molar-refractivity contribution in [1.29, 1.82) is 0 Å². The van der Waals surface area contributed by atoms with Crippen molar-refractivity contribution >= 4 is 8.32 Å². The van der Waals surface area contributed by atoms with Crippen LogP contribution >= 0.6 is 0 Å². The fourth-order valence-corrected chi connectivity index (χ4v) is 7.17. The monoisotopic (exact) mass is 426 g/mol. The predicted molar refractivity (Wildman–Crippen MR) is 125 cm³/mol. The highest BCUT2D eigenvalue weighted by atomic mass is 28.4. The molecule has 3 nitrogen and oxygen atoms in total. The van der Waals surface area contributed by atoms with E-state index >= 15 is 0 Å². The van der Waals surface area contributed by atoms with Crippen molar-refractivity contribution in [3.8, 4) is 0 Å². The fraction of sp³-hybridized carbons (Fsp3) is 1.00. The first-order valence-corrected chi connectivity index (χ1v) is 14.8. The number of hydrogen-bond donors (Lipinski definition) is 1. The largest absolute Gasteiger partial charge is 0.417 e. The van der Waals surface area contributed by atoms with E-state index in [4.69, 9.17) is 9.16 Å². The first-order chi connectivity index (χ1) is 12.9. The van der Waals surface area contributed by atoms with Crippen LogP contribution in [0.1, 0.15) is 88.5 Å². The van der Waals surface area contributed by atoms with Crippen LogP contribution in [-0.4, -0.2) is 31.9 Å². The van der Waals surface area contributed by atoms with Crippen molar-refractivity contribution in [2.75, 3.05) is 6.61 Å². The first-order valence-electron chi connectivity index (χ1n) is 11.9. The van der Waals surface area contributed by atoms with Gasteiger partial charge in [-0.05, 0) is 59.6 Å². The van der Waals surface area contributed by atoms with E-state index in [-0.39, 0.29) is 27.9 Å². The van der Waals surface area contributed by atoms with Crippen molar-refractivity contribution in [2.45, 2.75) is 119 Å². The lowest BCUT2D eigenvalue weighted by molar-refractivity contribution is -0.210. The molecular formula is C25H50O3Si. The van der Waals surface area contributed by atoms with Gasteiger partial charge in [0, 0.05) is 18.9 Å². The maximum Gasteiger partial charge on any atom is 0.191 e. The van der Waals surface area contributed by atoms with Crippen molar-refractivity contribution in [1.82, 2.24) is 0 Å². The minimum absolute atomic E-state index is 0.0735. The van der Waals surface area contributed by atoms with E-state index in [9.17, 15) is 5.11 Å². The Bertz CT molecular complexity index is 579. The third-order valence-electron chi connectivity index (χ3n) is 9.43. The number of hydrogen-bond acceptors (Lipinski definition) is 3. The van der Waals surface area contributed by atoms with Gasteiger partial charge in [0.25, 0.3) is 0 Å². The third kappa shape index (κ3) is 4.38. The molecule has 0 aromatic carbocycles. The highest BCUT2D eigenvalue weighted by Crippen LogP contribution is 2.69. The van der Waals surface area contributed by atoms with Gasteiger partial charge in [0.2, 0.25) is 0 Å². The van der Waals surface area contributed by atoms with Crippen LogP contribution in [0.4, 0.5) is 0 Å². The SMILES string of the molecule is CC(C)[C@]1(C)[C@H]2[C@H](C)[C@@H](CC[C@@H](C)CO[Si](C)(C)C(C)(C)C)O[C@@]2(O)CC1(C)C. The smallest absolute Gasteiger partial charge is 0.191 e. The average Bonchev–Trinajstić information content (AvgIpc) is 2.87. The standard InChI is InChI=1S/C25H50O3Si/c1-17(2)24(10)21-19(4)20(28-25(21,26)16-23(24,8)9)14-13-18(3)15-27-29(11,12)22(5,6)7/h17-21,26H,13-16H2,1-12H3/t18-,19-,20-,21-,24-,25+/m1/s1. The molecule has 0 spiro atoms. The molecule has 29 heavy (non-hydrogen) atoms. The fourth-order valence-electron chi connectivity index (χ4n) is 6.04. The van der Waals surface area contributed by atoms with Crippen LogP contribution in [0.3, 0.4) is 0 Å². The lowest BCUT2D eigenvalue weighted by Crippen LogP contribution is -2.44. The van der Waals surface area contributed by atoms with E-state index in [1.165, 1.54) is 0 Å². The maximum absolute atomic E-state index is 11.5. The van der Waals surface area contributed by atoms with Crippen LogP contribution in [0.5, 0.6) is 0 Å². The Kier molecular flexibility index (Phi) is 6.91. The molecule has 1 saturated heterocycles. The molecule has 172 valence electrons. The van der Waals surface area contributed by atoms with Gasteiger partial charge in [0.15, 0.2) is 14.1 Å². The van der Waals surface area contributed by atoms with Crippen molar-refractivity contribution < 1.29 is 14.3 Å². The van der Waals surface area contributed by atoms with Crippen LogP contribution in [-0.2, 0) is 9.16 Å². The first kappa shape index (κ1) is 25.4. The molecule has 1 saturated carbocycles. The van der Waals surface area contributed by atoms with Gasteiger partial charge in [-0.25, -0.2) is 0 Å². The van der Waals surface area contributed by atoms with Crippen molar-refractivity contribution in [2.24, 2.45) is 34.5 Å². The lowest BCUT2D eigenvalue weighted by atomic mass is 9.57. The third-order valence-corrected chi connectivity index (χ3v) is 13.9. The summed E-state index contributed by atoms with van der Waals surface area (Å²) >= 11 is 0. The molecule has 6 atom stereocenters. The second-order valence-electron chi connectivity index (χ2n) is 13.1. The molecule has 0 aromatic rings. The minimum Gasteiger partial charge on any atom is -0.417 e. The van der Waals surface area contributed by atoms with E-state index in [0.29, 0.717) is 17.8 Å². The molecule has 0 aromatic heterocycles. The number of ether oxygens (including phenoxy) is 1. The van der Waals surface area contributed by atoms with Crippen LogP contribution < -0.4 is 0 Å². The molecule has 1 aliphatic carbocycles. The number of fused-ring (bicyclic) bond motifs is 1. The van der Waals surface area contributed by atoms with Gasteiger partial charge in [0.05, 0.1) is 6.10 Å². The second-order valence-corrected chi connectivity index (χ2v) is 17.9. The van der Waals surface area contributed by atoms with Crippen molar-refractivity contribution in [3.63, 3.8) is 0 Å². The van der Waals surface area contributed by atoms with E-state index in [0.717, 1.165) is 25.9 Å². The Morgan fingerprint density at radius 2 is 1.69 bits per heavy atom. The average molecular weight is 427 g/mol. The normalized spacial score (nSPS) is 38.5. The van der Waals surface area contributed by atoms with Crippen LogP contribution in [0.15, 0.2) is 0 Å². The van der Waals surface area contributed by atoms with E-state index in [2.05, 4.69) is 82.3 Å². The predicted octanol–water partition coefficient (Wildman–Crippen LogP) is 6.86. The van der Waals surface area contributed by atoms with E-state index < -0.39 is 14.1 Å². The summed E-state index contributed by atoms with van der Waals surface area (Å²) in [7, 11) is -1.69. The molecule has 4 heteroatoms. The van der Waals surface area contributed by atoms with Crippen LogP contribution in [0.25, 0.3) is 0 Å². The van der Waals surface area contributed by atoms with Gasteiger partial charge >= 0.3 is 0 Å². The molecule has 1 heterocycles. The molecule has 2 fully saturated rings. The molecule has 1 N–H and O–H groups in total. The number of aliphatic hydroxyl groups is 1. The maximum atomic E-state index is 11.5. The summed E-state index contributed by atoms with van der Waals surface area (Å²) in [6.07, 6.45) is 2.99. The summed E-state index contributed by atoms with van der Waals surface area (Å²) in [4.78, 5) is 0. The zero-order valence-electron chi connectivity index (χ0n) is 21.5. The summed E-state index contributed by atoms with van der Waals surface area (Å²) < 4.78 is 12.9.